The molecule has 2 aromatic heterocycles. The predicted molar refractivity (Wildman–Crippen MR) is 99.1 cm³/mol. The summed E-state index contributed by atoms with van der Waals surface area (Å²) in [4.78, 5) is 24.6. The second-order valence-electron chi connectivity index (χ2n) is 5.83. The first kappa shape index (κ1) is 18.0. The molecular weight excluding hydrogens is 354 g/mol. The molecule has 3 rings (SSSR count). The van der Waals surface area contributed by atoms with E-state index in [0.717, 1.165) is 0 Å². The highest BCUT2D eigenvalue weighted by Crippen LogP contribution is 2.21. The molecule has 0 aliphatic rings. The number of carbonyl (C=O) groups excluding carboxylic acids is 1. The highest BCUT2D eigenvalue weighted by Gasteiger charge is 2.15. The van der Waals surface area contributed by atoms with Crippen molar-refractivity contribution in [2.45, 2.75) is 25.0 Å². The third-order valence-electron chi connectivity index (χ3n) is 3.57. The van der Waals surface area contributed by atoms with E-state index in [1.807, 2.05) is 26.0 Å². The number of amides is 1. The molecule has 0 radical (unpaired) electrons. The van der Waals surface area contributed by atoms with Gasteiger partial charge in [-0.05, 0) is 26.0 Å². The Morgan fingerprint density at radius 2 is 2.04 bits per heavy atom. The summed E-state index contributed by atoms with van der Waals surface area (Å²) in [6.45, 7) is 3.80. The Morgan fingerprint density at radius 3 is 2.77 bits per heavy atom. The van der Waals surface area contributed by atoms with Crippen LogP contribution in [-0.2, 0) is 4.79 Å². The molecule has 0 fully saturated rings. The van der Waals surface area contributed by atoms with Crippen LogP contribution < -0.4 is 15.6 Å². The molecule has 26 heavy (non-hydrogen) atoms. The van der Waals surface area contributed by atoms with Crippen molar-refractivity contribution in [3.8, 4) is 11.4 Å². The van der Waals surface area contributed by atoms with Crippen molar-refractivity contribution >= 4 is 23.3 Å². The van der Waals surface area contributed by atoms with Crippen LogP contribution in [0.1, 0.15) is 13.8 Å². The van der Waals surface area contributed by atoms with Gasteiger partial charge in [0.25, 0.3) is 0 Å². The number of carbonyl (C=O) groups is 1. The second kappa shape index (κ2) is 7.61. The Morgan fingerprint density at radius 1 is 1.27 bits per heavy atom. The van der Waals surface area contributed by atoms with Gasteiger partial charge in [-0.25, -0.2) is 0 Å². The van der Waals surface area contributed by atoms with Gasteiger partial charge in [-0.15, -0.1) is 10.2 Å². The summed E-state index contributed by atoms with van der Waals surface area (Å²) in [7, 11) is 1.55. The van der Waals surface area contributed by atoms with E-state index < -0.39 is 0 Å². The van der Waals surface area contributed by atoms with E-state index in [0.29, 0.717) is 16.6 Å². The number of methoxy groups -OCH3 is 1. The lowest BCUT2D eigenvalue weighted by atomic mass is 10.3. The van der Waals surface area contributed by atoms with E-state index in [4.69, 9.17) is 4.74 Å². The van der Waals surface area contributed by atoms with Crippen LogP contribution in [0.25, 0.3) is 11.3 Å². The molecule has 0 saturated carbocycles. The second-order valence-corrected chi connectivity index (χ2v) is 6.77. The van der Waals surface area contributed by atoms with Crippen molar-refractivity contribution in [3.05, 3.63) is 47.0 Å². The van der Waals surface area contributed by atoms with E-state index in [1.165, 1.54) is 16.3 Å². The van der Waals surface area contributed by atoms with Crippen LogP contribution in [0.15, 0.2) is 46.6 Å². The van der Waals surface area contributed by atoms with Gasteiger partial charge >= 0.3 is 5.56 Å². The van der Waals surface area contributed by atoms with E-state index >= 15 is 0 Å². The summed E-state index contributed by atoms with van der Waals surface area (Å²) in [6.07, 6.45) is 3.33. The molecule has 1 N–H and O–H groups in total. The Kier molecular flexibility index (Phi) is 5.27. The number of para-hydroxylation sites is 2. The molecule has 1 aromatic carbocycles. The summed E-state index contributed by atoms with van der Waals surface area (Å²) in [5, 5.41) is 11.3. The van der Waals surface area contributed by atoms with Crippen molar-refractivity contribution in [2.75, 3.05) is 12.9 Å². The topological polar surface area (TPSA) is 90.5 Å². The lowest BCUT2D eigenvalue weighted by Crippen LogP contribution is -2.31. The summed E-state index contributed by atoms with van der Waals surface area (Å²) in [6, 6.07) is 7.31. The van der Waals surface area contributed by atoms with E-state index in [-0.39, 0.29) is 28.9 Å². The minimum Gasteiger partial charge on any atom is -0.495 e. The zero-order chi connectivity index (χ0) is 18.7. The van der Waals surface area contributed by atoms with Gasteiger partial charge in [-0.2, -0.15) is 0 Å². The maximum Gasteiger partial charge on any atom is 0.300 e. The predicted octanol–water partition coefficient (Wildman–Crippen LogP) is 1.51. The molecule has 0 aliphatic carbocycles. The number of thioether (sulfide) groups is 1. The smallest absolute Gasteiger partial charge is 0.300 e. The number of rotatable bonds is 6. The van der Waals surface area contributed by atoms with Gasteiger partial charge in [-0.1, -0.05) is 23.9 Å². The van der Waals surface area contributed by atoms with Gasteiger partial charge in [0.2, 0.25) is 11.6 Å². The van der Waals surface area contributed by atoms with Gasteiger partial charge < -0.3 is 10.1 Å². The van der Waals surface area contributed by atoms with Crippen molar-refractivity contribution in [1.29, 1.82) is 0 Å². The largest absolute Gasteiger partial charge is 0.495 e. The molecule has 0 saturated heterocycles. The van der Waals surface area contributed by atoms with Crippen LogP contribution >= 0.6 is 11.8 Å². The molecule has 0 spiro atoms. The Hall–Kier alpha value is -2.81. The Balaban J connectivity index is 1.92. The minimum atomic E-state index is -0.317. The van der Waals surface area contributed by atoms with Gasteiger partial charge in [0, 0.05) is 18.4 Å². The number of benzene rings is 1. The van der Waals surface area contributed by atoms with Crippen LogP contribution in [0.5, 0.6) is 5.75 Å². The molecule has 8 nitrogen and oxygen atoms in total. The average Bonchev–Trinajstić information content (AvgIpc) is 3.04. The first-order valence-corrected chi connectivity index (χ1v) is 9.01. The molecule has 0 bridgehead atoms. The summed E-state index contributed by atoms with van der Waals surface area (Å²) in [5.74, 6) is 0.691. The molecular formula is C17H19N5O3S. The highest BCUT2D eigenvalue weighted by molar-refractivity contribution is 7.99. The van der Waals surface area contributed by atoms with Gasteiger partial charge in [-0.3, -0.25) is 18.6 Å². The number of aromatic nitrogens is 4. The first-order chi connectivity index (χ1) is 12.5. The lowest BCUT2D eigenvalue weighted by Gasteiger charge is -2.10. The fourth-order valence-corrected chi connectivity index (χ4v) is 3.21. The van der Waals surface area contributed by atoms with E-state index in [9.17, 15) is 9.59 Å². The first-order valence-electron chi connectivity index (χ1n) is 8.03. The molecule has 2 heterocycles. The van der Waals surface area contributed by atoms with Crippen molar-refractivity contribution in [3.63, 3.8) is 0 Å². The van der Waals surface area contributed by atoms with Crippen LogP contribution in [0.4, 0.5) is 0 Å². The number of ether oxygens (including phenoxy) is 1. The molecule has 9 heteroatoms. The standard InChI is InChI=1S/C17H19N5O3S/c1-11(2)18-14(23)10-26-17-20-19-15-16(24)21(8-9-22(15)17)12-6-4-5-7-13(12)25-3/h4-9,11H,10H2,1-3H3,(H,18,23). The highest BCUT2D eigenvalue weighted by atomic mass is 32.2. The van der Waals surface area contributed by atoms with E-state index in [1.54, 1.807) is 36.0 Å². The molecule has 0 atom stereocenters. The van der Waals surface area contributed by atoms with Gasteiger partial charge in [0.05, 0.1) is 18.6 Å². The molecule has 3 aromatic rings. The third kappa shape index (κ3) is 3.57. The van der Waals surface area contributed by atoms with Crippen LogP contribution in [-0.4, -0.2) is 44.0 Å². The van der Waals surface area contributed by atoms with Crippen LogP contribution in [0, 0.1) is 0 Å². The molecule has 1 amide bonds. The number of hydrogen-bond donors (Lipinski definition) is 1. The maximum atomic E-state index is 12.8. The number of nitrogens with zero attached hydrogens (tertiary/aromatic N) is 4. The maximum absolute atomic E-state index is 12.8. The van der Waals surface area contributed by atoms with Crippen LogP contribution in [0.3, 0.4) is 0 Å². The molecule has 0 unspecified atom stereocenters. The minimum absolute atomic E-state index is 0.0753. The zero-order valence-corrected chi connectivity index (χ0v) is 15.5. The number of hydrogen-bond acceptors (Lipinski definition) is 6. The molecule has 136 valence electrons. The molecule has 0 aliphatic heterocycles. The van der Waals surface area contributed by atoms with Gasteiger partial charge in [0.1, 0.15) is 5.75 Å². The normalized spacial score (nSPS) is 11.1. The van der Waals surface area contributed by atoms with Crippen molar-refractivity contribution < 1.29 is 9.53 Å². The summed E-state index contributed by atoms with van der Waals surface area (Å²) < 4.78 is 8.36. The lowest BCUT2D eigenvalue weighted by molar-refractivity contribution is -0.119. The fourth-order valence-electron chi connectivity index (χ4n) is 2.48. The zero-order valence-electron chi connectivity index (χ0n) is 14.7. The number of fused-ring (bicyclic) bond motifs is 1. The monoisotopic (exact) mass is 373 g/mol. The summed E-state index contributed by atoms with van der Waals surface area (Å²) >= 11 is 1.23. The quantitative estimate of drug-likeness (QED) is 0.659. The number of nitrogens with one attached hydrogen (secondary N) is 1. The SMILES string of the molecule is COc1ccccc1-n1ccn2c(SCC(=O)NC(C)C)nnc2c1=O. The van der Waals surface area contributed by atoms with Crippen molar-refractivity contribution in [1.82, 2.24) is 24.5 Å². The van der Waals surface area contributed by atoms with Crippen molar-refractivity contribution in [2.24, 2.45) is 0 Å². The average molecular weight is 373 g/mol. The Labute approximate surface area is 154 Å². The fraction of sp³-hybridized carbons (Fsp3) is 0.294. The van der Waals surface area contributed by atoms with Crippen LogP contribution in [0.2, 0.25) is 0 Å². The van der Waals surface area contributed by atoms with Gasteiger partial charge in [0.15, 0.2) is 5.16 Å². The third-order valence-corrected chi connectivity index (χ3v) is 4.51. The Bertz CT molecular complexity index is 995. The van der Waals surface area contributed by atoms with E-state index in [2.05, 4.69) is 15.5 Å². The summed E-state index contributed by atoms with van der Waals surface area (Å²) in [5.41, 5.74) is 0.490.